The zero-order valence-electron chi connectivity index (χ0n) is 13.2. The van der Waals surface area contributed by atoms with Gasteiger partial charge in [0.15, 0.2) is 0 Å². The maximum absolute atomic E-state index is 12.1. The maximum atomic E-state index is 12.1. The number of rotatable bonds is 5. The van der Waals surface area contributed by atoms with E-state index in [9.17, 15) is 9.59 Å². The first kappa shape index (κ1) is 17.0. The Bertz CT molecular complexity index is 698. The summed E-state index contributed by atoms with van der Waals surface area (Å²) < 4.78 is 0. The van der Waals surface area contributed by atoms with Crippen LogP contribution in [0.1, 0.15) is 21.5 Å². The molecule has 0 saturated carbocycles. The highest BCUT2D eigenvalue weighted by Gasteiger charge is 2.13. The molecule has 0 aliphatic rings. The average molecular weight is 331 g/mol. The third-order valence-electron chi connectivity index (χ3n) is 3.51. The molecule has 2 aromatic rings. The minimum absolute atomic E-state index is 0.0480. The quantitative estimate of drug-likeness (QED) is 0.916. The van der Waals surface area contributed by atoms with Crippen molar-refractivity contribution in [3.8, 4) is 0 Å². The van der Waals surface area contributed by atoms with Gasteiger partial charge in [-0.15, -0.1) is 0 Å². The van der Waals surface area contributed by atoms with Crippen LogP contribution >= 0.6 is 11.6 Å². The Morgan fingerprint density at radius 1 is 1.09 bits per heavy atom. The number of carbonyl (C=O) groups excluding carboxylic acids is 2. The molecule has 0 aliphatic carbocycles. The standard InChI is InChI=1S/C18H19ClN2O2/c1-13-7-9-14(10-8-13)18(23)20-11-17(22)21(2)12-15-5-3-4-6-16(15)19/h3-10H,11-12H2,1-2H3,(H,20,23). The van der Waals surface area contributed by atoms with Crippen LogP contribution in [0.5, 0.6) is 0 Å². The van der Waals surface area contributed by atoms with Crippen molar-refractivity contribution >= 4 is 23.4 Å². The topological polar surface area (TPSA) is 49.4 Å². The van der Waals surface area contributed by atoms with Crippen molar-refractivity contribution < 1.29 is 9.59 Å². The van der Waals surface area contributed by atoms with Crippen LogP contribution in [0.3, 0.4) is 0 Å². The molecule has 120 valence electrons. The van der Waals surface area contributed by atoms with E-state index in [1.165, 1.54) is 4.90 Å². The second-order valence-electron chi connectivity index (χ2n) is 5.39. The van der Waals surface area contributed by atoms with Crippen LogP contribution in [-0.4, -0.2) is 30.3 Å². The van der Waals surface area contributed by atoms with E-state index in [1.807, 2.05) is 37.3 Å². The first-order valence-corrected chi connectivity index (χ1v) is 7.67. The number of likely N-dealkylation sites (N-methyl/N-ethyl adjacent to an activating group) is 1. The highest BCUT2D eigenvalue weighted by molar-refractivity contribution is 6.31. The number of nitrogens with one attached hydrogen (secondary N) is 1. The third kappa shape index (κ3) is 4.83. The molecule has 0 fully saturated rings. The molecular formula is C18H19ClN2O2. The van der Waals surface area contributed by atoms with Crippen molar-refractivity contribution in [3.63, 3.8) is 0 Å². The Hall–Kier alpha value is -2.33. The molecule has 0 atom stereocenters. The van der Waals surface area contributed by atoms with E-state index in [2.05, 4.69) is 5.32 Å². The summed E-state index contributed by atoms with van der Waals surface area (Å²) in [5.41, 5.74) is 2.49. The van der Waals surface area contributed by atoms with E-state index in [1.54, 1.807) is 25.2 Å². The van der Waals surface area contributed by atoms with E-state index in [0.717, 1.165) is 11.1 Å². The summed E-state index contributed by atoms with van der Waals surface area (Å²) >= 11 is 6.09. The van der Waals surface area contributed by atoms with Gasteiger partial charge in [0.2, 0.25) is 5.91 Å². The number of hydrogen-bond donors (Lipinski definition) is 1. The molecule has 0 spiro atoms. The average Bonchev–Trinajstić information content (AvgIpc) is 2.55. The first-order chi connectivity index (χ1) is 11.0. The van der Waals surface area contributed by atoms with E-state index >= 15 is 0 Å². The summed E-state index contributed by atoms with van der Waals surface area (Å²) in [6, 6.07) is 14.6. The monoisotopic (exact) mass is 330 g/mol. The Labute approximate surface area is 141 Å². The molecule has 0 heterocycles. The van der Waals surface area contributed by atoms with Gasteiger partial charge in [0.25, 0.3) is 5.91 Å². The molecular weight excluding hydrogens is 312 g/mol. The predicted molar refractivity (Wildman–Crippen MR) is 91.4 cm³/mol. The van der Waals surface area contributed by atoms with Crippen molar-refractivity contribution in [2.75, 3.05) is 13.6 Å². The zero-order chi connectivity index (χ0) is 16.8. The fraction of sp³-hybridized carbons (Fsp3) is 0.222. The molecule has 5 heteroatoms. The lowest BCUT2D eigenvalue weighted by atomic mass is 10.1. The minimum Gasteiger partial charge on any atom is -0.343 e. The second-order valence-corrected chi connectivity index (χ2v) is 5.80. The van der Waals surface area contributed by atoms with Crippen molar-refractivity contribution in [3.05, 3.63) is 70.2 Å². The smallest absolute Gasteiger partial charge is 0.251 e. The molecule has 0 aliphatic heterocycles. The van der Waals surface area contributed by atoms with Crippen LogP contribution in [0.4, 0.5) is 0 Å². The summed E-state index contributed by atoms with van der Waals surface area (Å²) in [6.45, 7) is 2.31. The summed E-state index contributed by atoms with van der Waals surface area (Å²) in [4.78, 5) is 25.6. The maximum Gasteiger partial charge on any atom is 0.251 e. The lowest BCUT2D eigenvalue weighted by Gasteiger charge is -2.18. The number of halogens is 1. The van der Waals surface area contributed by atoms with Gasteiger partial charge in [0, 0.05) is 24.2 Å². The highest BCUT2D eigenvalue weighted by atomic mass is 35.5. The summed E-state index contributed by atoms with van der Waals surface area (Å²) in [5.74, 6) is -0.435. The number of aryl methyl sites for hydroxylation is 1. The normalized spacial score (nSPS) is 10.2. The molecule has 0 radical (unpaired) electrons. The van der Waals surface area contributed by atoms with Gasteiger partial charge < -0.3 is 10.2 Å². The number of benzene rings is 2. The van der Waals surface area contributed by atoms with Crippen LogP contribution in [-0.2, 0) is 11.3 Å². The van der Waals surface area contributed by atoms with E-state index in [4.69, 9.17) is 11.6 Å². The Balaban J connectivity index is 1.87. The van der Waals surface area contributed by atoms with Crippen molar-refractivity contribution in [2.45, 2.75) is 13.5 Å². The Morgan fingerprint density at radius 3 is 2.39 bits per heavy atom. The van der Waals surface area contributed by atoms with E-state index in [-0.39, 0.29) is 18.4 Å². The molecule has 23 heavy (non-hydrogen) atoms. The molecule has 2 amide bonds. The molecule has 2 aromatic carbocycles. The van der Waals surface area contributed by atoms with Gasteiger partial charge in [-0.05, 0) is 30.7 Å². The summed E-state index contributed by atoms with van der Waals surface area (Å²) in [5, 5.41) is 3.26. The summed E-state index contributed by atoms with van der Waals surface area (Å²) in [7, 11) is 1.68. The van der Waals surface area contributed by atoms with Crippen molar-refractivity contribution in [2.24, 2.45) is 0 Å². The Kier molecular flexibility index (Phi) is 5.77. The van der Waals surface area contributed by atoms with Crippen molar-refractivity contribution in [1.29, 1.82) is 0 Å². The zero-order valence-corrected chi connectivity index (χ0v) is 13.9. The molecule has 2 rings (SSSR count). The lowest BCUT2D eigenvalue weighted by Crippen LogP contribution is -2.37. The van der Waals surface area contributed by atoms with Gasteiger partial charge in [-0.2, -0.15) is 0 Å². The largest absolute Gasteiger partial charge is 0.343 e. The summed E-state index contributed by atoms with van der Waals surface area (Å²) in [6.07, 6.45) is 0. The van der Waals surface area contributed by atoms with Gasteiger partial charge in [-0.3, -0.25) is 9.59 Å². The number of hydrogen-bond acceptors (Lipinski definition) is 2. The minimum atomic E-state index is -0.260. The van der Waals surface area contributed by atoms with Gasteiger partial charge in [-0.1, -0.05) is 47.5 Å². The van der Waals surface area contributed by atoms with Crippen LogP contribution < -0.4 is 5.32 Å². The van der Waals surface area contributed by atoms with Gasteiger partial charge in [0.05, 0.1) is 6.54 Å². The third-order valence-corrected chi connectivity index (χ3v) is 3.87. The molecule has 0 saturated heterocycles. The predicted octanol–water partition coefficient (Wildman–Crippen LogP) is 3.04. The molecule has 4 nitrogen and oxygen atoms in total. The van der Waals surface area contributed by atoms with Crippen LogP contribution in [0.25, 0.3) is 0 Å². The molecule has 0 aromatic heterocycles. The molecule has 1 N–H and O–H groups in total. The lowest BCUT2D eigenvalue weighted by molar-refractivity contribution is -0.129. The Morgan fingerprint density at radius 2 is 1.74 bits per heavy atom. The van der Waals surface area contributed by atoms with Crippen LogP contribution in [0.15, 0.2) is 48.5 Å². The van der Waals surface area contributed by atoms with Crippen LogP contribution in [0.2, 0.25) is 5.02 Å². The molecule has 0 unspecified atom stereocenters. The van der Waals surface area contributed by atoms with Crippen molar-refractivity contribution in [1.82, 2.24) is 10.2 Å². The van der Waals surface area contributed by atoms with E-state index in [0.29, 0.717) is 17.1 Å². The van der Waals surface area contributed by atoms with Crippen LogP contribution in [0, 0.1) is 6.92 Å². The SMILES string of the molecule is Cc1ccc(C(=O)NCC(=O)N(C)Cc2ccccc2Cl)cc1. The number of nitrogens with zero attached hydrogens (tertiary/aromatic N) is 1. The number of carbonyl (C=O) groups is 2. The van der Waals surface area contributed by atoms with Gasteiger partial charge >= 0.3 is 0 Å². The highest BCUT2D eigenvalue weighted by Crippen LogP contribution is 2.16. The van der Waals surface area contributed by atoms with Gasteiger partial charge in [0.1, 0.15) is 0 Å². The number of amides is 2. The molecule has 0 bridgehead atoms. The second kappa shape index (κ2) is 7.79. The van der Waals surface area contributed by atoms with E-state index < -0.39 is 0 Å². The fourth-order valence-electron chi connectivity index (χ4n) is 2.07. The first-order valence-electron chi connectivity index (χ1n) is 7.29. The fourth-order valence-corrected chi connectivity index (χ4v) is 2.26. The van der Waals surface area contributed by atoms with Gasteiger partial charge in [-0.25, -0.2) is 0 Å².